The number of rotatable bonds is 5. The summed E-state index contributed by atoms with van der Waals surface area (Å²) in [6.07, 6.45) is 0. The van der Waals surface area contributed by atoms with Gasteiger partial charge in [-0.05, 0) is 35.4 Å². The first kappa shape index (κ1) is 16.4. The summed E-state index contributed by atoms with van der Waals surface area (Å²) in [5.41, 5.74) is 7.59. The van der Waals surface area contributed by atoms with Crippen molar-refractivity contribution in [2.75, 3.05) is 5.75 Å². The molecule has 1 atom stereocenters. The third kappa shape index (κ3) is 4.02. The van der Waals surface area contributed by atoms with Crippen LogP contribution in [0.3, 0.4) is 0 Å². The van der Waals surface area contributed by atoms with Crippen molar-refractivity contribution in [3.05, 3.63) is 59.1 Å². The van der Waals surface area contributed by atoms with E-state index in [1.54, 1.807) is 12.1 Å². The van der Waals surface area contributed by atoms with Gasteiger partial charge in [0, 0.05) is 16.3 Å². The number of benzene rings is 2. The van der Waals surface area contributed by atoms with Gasteiger partial charge >= 0.3 is 0 Å². The summed E-state index contributed by atoms with van der Waals surface area (Å²) in [7, 11) is 0. The van der Waals surface area contributed by atoms with Gasteiger partial charge in [0.05, 0.1) is 0 Å². The van der Waals surface area contributed by atoms with Gasteiger partial charge in [0.15, 0.2) is 0 Å². The van der Waals surface area contributed by atoms with E-state index in [4.69, 9.17) is 17.3 Å². The summed E-state index contributed by atoms with van der Waals surface area (Å²) in [5, 5.41) is 3.21. The number of thiol groups is 1. The van der Waals surface area contributed by atoms with E-state index in [-0.39, 0.29) is 11.7 Å². The second-order valence-corrected chi connectivity index (χ2v) is 5.50. The molecule has 4 nitrogen and oxygen atoms in total. The largest absolute Gasteiger partial charge is 0.368 e. The predicted molar refractivity (Wildman–Crippen MR) is 91.2 cm³/mol. The molecule has 0 saturated heterocycles. The standard InChI is InChI=1S/C16H15ClN2O2S/c17-13-7-5-11(6-8-13)10-1-3-12(4-2-10)16(21)19-14(9-22)15(18)20/h1-8,14,22H,9H2,(H2,18,20)(H,19,21). The fraction of sp³-hybridized carbons (Fsp3) is 0.125. The number of primary amides is 1. The van der Waals surface area contributed by atoms with Crippen LogP contribution in [0.5, 0.6) is 0 Å². The highest BCUT2D eigenvalue weighted by atomic mass is 35.5. The summed E-state index contributed by atoms with van der Waals surface area (Å²) in [6, 6.07) is 13.7. The fourth-order valence-electron chi connectivity index (χ4n) is 1.90. The summed E-state index contributed by atoms with van der Waals surface area (Å²) >= 11 is 9.84. The zero-order valence-corrected chi connectivity index (χ0v) is 13.3. The lowest BCUT2D eigenvalue weighted by molar-refractivity contribution is -0.119. The highest BCUT2D eigenvalue weighted by Crippen LogP contribution is 2.21. The molecule has 2 aromatic rings. The fourth-order valence-corrected chi connectivity index (χ4v) is 2.30. The maximum absolute atomic E-state index is 12.0. The maximum Gasteiger partial charge on any atom is 0.251 e. The Morgan fingerprint density at radius 1 is 1.05 bits per heavy atom. The van der Waals surface area contributed by atoms with E-state index in [0.717, 1.165) is 11.1 Å². The average Bonchev–Trinajstić information content (AvgIpc) is 2.53. The van der Waals surface area contributed by atoms with Crippen molar-refractivity contribution < 1.29 is 9.59 Å². The molecule has 0 saturated carbocycles. The van der Waals surface area contributed by atoms with E-state index in [9.17, 15) is 9.59 Å². The molecule has 0 spiro atoms. The van der Waals surface area contributed by atoms with Crippen LogP contribution in [-0.2, 0) is 4.79 Å². The van der Waals surface area contributed by atoms with Gasteiger partial charge in [-0.15, -0.1) is 0 Å². The minimum absolute atomic E-state index is 0.157. The first-order valence-corrected chi connectivity index (χ1v) is 7.59. The van der Waals surface area contributed by atoms with Crippen molar-refractivity contribution in [1.29, 1.82) is 0 Å². The quantitative estimate of drug-likeness (QED) is 0.735. The molecule has 22 heavy (non-hydrogen) atoms. The van der Waals surface area contributed by atoms with Gasteiger partial charge in [0.1, 0.15) is 6.04 Å². The molecule has 3 N–H and O–H groups in total. The summed E-state index contributed by atoms with van der Waals surface area (Å²) in [4.78, 5) is 23.2. The predicted octanol–water partition coefficient (Wildman–Crippen LogP) is 2.52. The molecule has 0 fully saturated rings. The number of carbonyl (C=O) groups excluding carboxylic acids is 2. The molecule has 0 aliphatic heterocycles. The van der Waals surface area contributed by atoms with E-state index >= 15 is 0 Å². The summed E-state index contributed by atoms with van der Waals surface area (Å²) in [6.45, 7) is 0. The van der Waals surface area contributed by atoms with Crippen LogP contribution < -0.4 is 11.1 Å². The van der Waals surface area contributed by atoms with E-state index in [2.05, 4.69) is 17.9 Å². The molecule has 2 aromatic carbocycles. The van der Waals surface area contributed by atoms with Gasteiger partial charge in [-0.25, -0.2) is 0 Å². The molecule has 0 radical (unpaired) electrons. The molecule has 0 bridgehead atoms. The average molecular weight is 335 g/mol. The van der Waals surface area contributed by atoms with Crippen LogP contribution in [0.25, 0.3) is 11.1 Å². The molecular formula is C16H15ClN2O2S. The minimum atomic E-state index is -0.785. The van der Waals surface area contributed by atoms with Crippen molar-refractivity contribution in [3.63, 3.8) is 0 Å². The molecule has 0 aliphatic carbocycles. The van der Waals surface area contributed by atoms with Gasteiger partial charge in [-0.2, -0.15) is 12.6 Å². The number of nitrogens with one attached hydrogen (secondary N) is 1. The van der Waals surface area contributed by atoms with Crippen molar-refractivity contribution >= 4 is 36.0 Å². The number of hydrogen-bond donors (Lipinski definition) is 3. The molecule has 6 heteroatoms. The number of carbonyl (C=O) groups is 2. The number of amides is 2. The smallest absolute Gasteiger partial charge is 0.251 e. The lowest BCUT2D eigenvalue weighted by Gasteiger charge is -2.13. The number of halogens is 1. The van der Waals surface area contributed by atoms with Crippen LogP contribution in [-0.4, -0.2) is 23.6 Å². The van der Waals surface area contributed by atoms with Crippen LogP contribution in [0, 0.1) is 0 Å². The Balaban J connectivity index is 2.13. The van der Waals surface area contributed by atoms with Gasteiger partial charge in [-0.3, -0.25) is 9.59 Å². The molecule has 0 heterocycles. The van der Waals surface area contributed by atoms with Crippen molar-refractivity contribution in [3.8, 4) is 11.1 Å². The second kappa shape index (κ2) is 7.33. The Hall–Kier alpha value is -1.98. The minimum Gasteiger partial charge on any atom is -0.368 e. The topological polar surface area (TPSA) is 72.2 Å². The van der Waals surface area contributed by atoms with Crippen LogP contribution in [0.15, 0.2) is 48.5 Å². The van der Waals surface area contributed by atoms with Gasteiger partial charge in [-0.1, -0.05) is 35.9 Å². The zero-order valence-electron chi connectivity index (χ0n) is 11.6. The lowest BCUT2D eigenvalue weighted by atomic mass is 10.0. The monoisotopic (exact) mass is 334 g/mol. The SMILES string of the molecule is NC(=O)C(CS)NC(=O)c1ccc(-c2ccc(Cl)cc2)cc1. The molecule has 114 valence electrons. The Bertz CT molecular complexity index is 672. The lowest BCUT2D eigenvalue weighted by Crippen LogP contribution is -2.45. The number of nitrogens with two attached hydrogens (primary N) is 1. The first-order chi connectivity index (χ1) is 10.5. The van der Waals surface area contributed by atoms with E-state index in [0.29, 0.717) is 10.6 Å². The number of hydrogen-bond acceptors (Lipinski definition) is 3. The third-order valence-corrected chi connectivity index (χ3v) is 3.77. The molecule has 2 amide bonds. The highest BCUT2D eigenvalue weighted by molar-refractivity contribution is 7.80. The van der Waals surface area contributed by atoms with Crippen LogP contribution in [0.4, 0.5) is 0 Å². The molecule has 0 aromatic heterocycles. The van der Waals surface area contributed by atoms with E-state index in [1.165, 1.54) is 0 Å². The van der Waals surface area contributed by atoms with E-state index < -0.39 is 11.9 Å². The summed E-state index contributed by atoms with van der Waals surface area (Å²) in [5.74, 6) is -0.814. The highest BCUT2D eigenvalue weighted by Gasteiger charge is 2.17. The molecule has 0 aliphatic rings. The molecule has 2 rings (SSSR count). The van der Waals surface area contributed by atoms with Gasteiger partial charge in [0.25, 0.3) is 5.91 Å². The van der Waals surface area contributed by atoms with Crippen molar-refractivity contribution in [1.82, 2.24) is 5.32 Å². The van der Waals surface area contributed by atoms with Crippen molar-refractivity contribution in [2.45, 2.75) is 6.04 Å². The summed E-state index contributed by atoms with van der Waals surface area (Å²) < 4.78 is 0. The van der Waals surface area contributed by atoms with Crippen LogP contribution in [0.1, 0.15) is 10.4 Å². The van der Waals surface area contributed by atoms with Crippen LogP contribution >= 0.6 is 24.2 Å². The van der Waals surface area contributed by atoms with E-state index in [1.807, 2.05) is 36.4 Å². The second-order valence-electron chi connectivity index (χ2n) is 4.70. The third-order valence-electron chi connectivity index (χ3n) is 3.16. The Kier molecular flexibility index (Phi) is 5.46. The van der Waals surface area contributed by atoms with Gasteiger partial charge in [0.2, 0.25) is 5.91 Å². The Morgan fingerprint density at radius 3 is 2.00 bits per heavy atom. The Labute approximate surface area is 139 Å². The van der Waals surface area contributed by atoms with Gasteiger partial charge < -0.3 is 11.1 Å². The molecular weight excluding hydrogens is 320 g/mol. The van der Waals surface area contributed by atoms with Crippen LogP contribution in [0.2, 0.25) is 5.02 Å². The first-order valence-electron chi connectivity index (χ1n) is 6.58. The molecule has 1 unspecified atom stereocenters. The zero-order chi connectivity index (χ0) is 16.1. The Morgan fingerprint density at radius 2 is 1.55 bits per heavy atom. The van der Waals surface area contributed by atoms with Crippen molar-refractivity contribution in [2.24, 2.45) is 5.73 Å². The normalized spacial score (nSPS) is 11.7. The maximum atomic E-state index is 12.0.